The number of carbonyl (C=O) groups excluding carboxylic acids is 5. The van der Waals surface area contributed by atoms with Gasteiger partial charge in [0.1, 0.15) is 23.9 Å². The zero-order chi connectivity index (χ0) is 70.1. The first-order valence-corrected chi connectivity index (χ1v) is 35.9. The number of hydrogen-bond acceptors (Lipinski definition) is 12. The van der Waals surface area contributed by atoms with Gasteiger partial charge in [-0.2, -0.15) is 0 Å². The van der Waals surface area contributed by atoms with E-state index in [4.69, 9.17) is 14.2 Å². The molecule has 0 aliphatic rings. The maximum absolute atomic E-state index is 12.4. The highest BCUT2D eigenvalue weighted by atomic mass is 32.2. The van der Waals surface area contributed by atoms with Crippen molar-refractivity contribution < 1.29 is 56.6 Å². The van der Waals surface area contributed by atoms with Gasteiger partial charge in [0.25, 0.3) is 0 Å². The predicted octanol–water partition coefficient (Wildman–Crippen LogP) is 19.7. The number of ketones is 1. The molecular weight excluding hydrogens is 1130 g/mol. The van der Waals surface area contributed by atoms with Crippen molar-refractivity contribution in [1.29, 1.82) is 0 Å². The number of rotatable bonds is 12. The molecule has 0 bridgehead atoms. The smallest absolute Gasteiger partial charge is 0.311 e. The zero-order valence-electron chi connectivity index (χ0n) is 61.6. The topological polar surface area (TPSA) is 158 Å². The van der Waals surface area contributed by atoms with Gasteiger partial charge >= 0.3 is 23.9 Å². The van der Waals surface area contributed by atoms with Crippen molar-refractivity contribution in [2.45, 2.75) is 256 Å². The van der Waals surface area contributed by atoms with Gasteiger partial charge in [0.05, 0.1) is 40.0 Å². The van der Waals surface area contributed by atoms with Crippen LogP contribution in [0.4, 0.5) is 0 Å². The highest BCUT2D eigenvalue weighted by Gasteiger charge is 2.25. The fourth-order valence-corrected chi connectivity index (χ4v) is 7.31. The van der Waals surface area contributed by atoms with Gasteiger partial charge < -0.3 is 28.4 Å². The first kappa shape index (κ1) is 101. The molecule has 510 valence electrons. The minimum absolute atomic E-state index is 0. The number of carbonyl (C=O) groups is 5. The Kier molecular flexibility index (Phi) is 62.3. The molecule has 87 heavy (non-hydrogen) atoms. The van der Waals surface area contributed by atoms with Crippen molar-refractivity contribution in [3.05, 3.63) is 102 Å². The van der Waals surface area contributed by atoms with Crippen molar-refractivity contribution in [3.63, 3.8) is 0 Å². The summed E-state index contributed by atoms with van der Waals surface area (Å²) in [5, 5.41) is 0. The van der Waals surface area contributed by atoms with E-state index in [-0.39, 0.29) is 52.7 Å². The summed E-state index contributed by atoms with van der Waals surface area (Å²) in [5.74, 6) is 5.19. The number of esters is 4. The minimum atomic E-state index is -2.19. The number of Topliss-reactive ketones (excluding diaryl/α,β-unsaturated/α-hetero) is 1. The van der Waals surface area contributed by atoms with E-state index < -0.39 is 17.6 Å². The molecule has 0 N–H and O–H groups in total. The summed E-state index contributed by atoms with van der Waals surface area (Å²) in [7, 11) is 1.51. The van der Waals surface area contributed by atoms with Crippen LogP contribution in [0.2, 0.25) is 25.7 Å². The SMILES string of the molecule is C.C=CCOC(C)=O.C=S(=O)(c1ccc(C)cc1)C(C)(C)C.CC.CC.CC.CC(=O)C(C)(C)C.CC(C)(C)C(=O)OCC[Si](C)(C)C.CCOC(C)=O.CCc1cc(OC)ccc1CC(C)(C)C.COC(C)=O.COc1ccc(CC(C)(C)C)cc1. The molecule has 0 amide bonds. The van der Waals surface area contributed by atoms with Crippen molar-refractivity contribution in [3.8, 4) is 11.5 Å². The lowest BCUT2D eigenvalue weighted by molar-refractivity contribution is -0.152. The predicted molar refractivity (Wildman–Crippen MR) is 382 cm³/mol. The molecule has 0 aromatic heterocycles. The molecule has 3 aromatic carbocycles. The van der Waals surface area contributed by atoms with Crippen LogP contribution in [0.15, 0.2) is 84.3 Å². The molecule has 0 aliphatic carbocycles. The number of methoxy groups -OCH3 is 3. The van der Waals surface area contributed by atoms with Crippen LogP contribution >= 0.6 is 0 Å². The standard InChI is InChI=1S/C14H22O.C12H18OS.C12H18O.C10H22O2Si.C6H12O.C5H8O2.C4H8O2.C3H6O2.3C2H6.CH4/c1-6-11-9-13(15-5)8-7-12(11)10-14(2,3)4;1-10-6-8-11(9-7-10)14(5,13)12(2,3)4;1-12(2,3)9-10-5-7-11(13-4)8-6-10;1-10(2,3)9(11)12-7-8-13(4,5)6;1-5(7)6(2,3)4;1-3-4-7-5(2)6;1-3-6-4(2)5;1-3(4)5-2;3*1-2;/h7-9H,6,10H2,1-5H3;6-9H,5H2,1-4H3;5-8H,9H2,1-4H3;7-8H2,1-6H3;1-4H3;3H,1,4H2,2H3;3H2,1-2H3;1-2H3;3*1-2H3;1H4. The largest absolute Gasteiger partial charge is 0.497 e. The second kappa shape index (κ2) is 53.8. The van der Waals surface area contributed by atoms with E-state index in [1.807, 2.05) is 147 Å². The van der Waals surface area contributed by atoms with E-state index in [1.165, 1.54) is 56.2 Å². The third-order valence-electron chi connectivity index (χ3n) is 10.6. The van der Waals surface area contributed by atoms with Crippen molar-refractivity contribution in [2.24, 2.45) is 21.7 Å². The van der Waals surface area contributed by atoms with Crippen LogP contribution in [0.3, 0.4) is 0 Å². The molecule has 1 atom stereocenters. The Morgan fingerprint density at radius 2 is 0.954 bits per heavy atom. The number of ether oxygens (including phenoxy) is 6. The van der Waals surface area contributed by atoms with E-state index in [9.17, 15) is 28.2 Å². The van der Waals surface area contributed by atoms with Crippen molar-refractivity contribution >= 4 is 53.1 Å². The van der Waals surface area contributed by atoms with Crippen LogP contribution in [-0.4, -0.2) is 93.7 Å². The average Bonchev–Trinajstić information content (AvgIpc) is 2.11. The number of aryl methyl sites for hydroxylation is 2. The summed E-state index contributed by atoms with van der Waals surface area (Å²) in [6.45, 7) is 66.1. The van der Waals surface area contributed by atoms with Crippen molar-refractivity contribution in [2.75, 3.05) is 41.2 Å². The molecule has 0 spiro atoms. The maximum Gasteiger partial charge on any atom is 0.311 e. The Morgan fingerprint density at radius 3 is 1.21 bits per heavy atom. The highest BCUT2D eigenvalue weighted by Crippen LogP contribution is 2.27. The fourth-order valence-electron chi connectivity index (χ4n) is 5.32. The van der Waals surface area contributed by atoms with E-state index in [2.05, 4.69) is 125 Å². The molecule has 0 aliphatic heterocycles. The molecule has 0 fully saturated rings. The molecular formula is C73H136O12SSi. The van der Waals surface area contributed by atoms with Gasteiger partial charge in [0, 0.05) is 53.4 Å². The lowest BCUT2D eigenvalue weighted by atomic mass is 9.86. The summed E-state index contributed by atoms with van der Waals surface area (Å²) in [4.78, 5) is 52.0. The van der Waals surface area contributed by atoms with Gasteiger partial charge in [-0.15, -0.1) is 0 Å². The van der Waals surface area contributed by atoms with Crippen LogP contribution < -0.4 is 9.47 Å². The maximum atomic E-state index is 12.4. The summed E-state index contributed by atoms with van der Waals surface area (Å²) < 4.78 is 40.6. The van der Waals surface area contributed by atoms with E-state index in [0.717, 1.165) is 41.7 Å². The summed E-state index contributed by atoms with van der Waals surface area (Å²) >= 11 is 0. The van der Waals surface area contributed by atoms with Crippen LogP contribution in [0.25, 0.3) is 0 Å². The lowest BCUT2D eigenvalue weighted by Gasteiger charge is -2.24. The molecule has 0 heterocycles. The Hall–Kier alpha value is -5.21. The third-order valence-corrected chi connectivity index (χ3v) is 15.3. The van der Waals surface area contributed by atoms with Gasteiger partial charge in [-0.1, -0.05) is 186 Å². The van der Waals surface area contributed by atoms with E-state index >= 15 is 0 Å². The molecule has 3 rings (SSSR count). The first-order chi connectivity index (χ1) is 39.1. The molecule has 0 saturated heterocycles. The molecule has 0 saturated carbocycles. The first-order valence-electron chi connectivity index (χ1n) is 30.4. The number of hydrogen-bond donors (Lipinski definition) is 0. The summed E-state index contributed by atoms with van der Waals surface area (Å²) in [6, 6.07) is 23.5. The minimum Gasteiger partial charge on any atom is -0.497 e. The Labute approximate surface area is 538 Å². The van der Waals surface area contributed by atoms with Gasteiger partial charge in [-0.25, -0.2) is 0 Å². The average molecular weight is 1270 g/mol. The number of benzene rings is 3. The quantitative estimate of drug-likeness (QED) is 0.0556. The second-order valence-corrected chi connectivity index (χ2v) is 34.3. The van der Waals surface area contributed by atoms with Crippen LogP contribution in [0, 0.1) is 28.6 Å². The summed E-state index contributed by atoms with van der Waals surface area (Å²) in [5.41, 5.74) is 5.60. The molecule has 3 aromatic rings. The van der Waals surface area contributed by atoms with Crippen molar-refractivity contribution in [1.82, 2.24) is 0 Å². The normalized spacial score (nSPS) is 10.9. The summed E-state index contributed by atoms with van der Waals surface area (Å²) in [6.07, 6.45) is 4.83. The van der Waals surface area contributed by atoms with E-state index in [0.29, 0.717) is 30.7 Å². The molecule has 12 nitrogen and oxygen atoms in total. The van der Waals surface area contributed by atoms with Crippen LogP contribution in [0.1, 0.15) is 217 Å². The Morgan fingerprint density at radius 1 is 0.563 bits per heavy atom. The molecule has 1 unspecified atom stereocenters. The van der Waals surface area contributed by atoms with Gasteiger partial charge in [0.2, 0.25) is 0 Å². The monoisotopic (exact) mass is 1260 g/mol. The Balaban J connectivity index is -0.000000115. The van der Waals surface area contributed by atoms with Gasteiger partial charge in [-0.05, 0) is 157 Å². The zero-order valence-corrected chi connectivity index (χ0v) is 63.4. The van der Waals surface area contributed by atoms with Gasteiger partial charge in [0.15, 0.2) is 0 Å². The van der Waals surface area contributed by atoms with Crippen LogP contribution in [0.5, 0.6) is 11.5 Å². The molecule has 14 heteroatoms. The Bertz CT molecular complexity index is 2310. The second-order valence-electron chi connectivity index (χ2n) is 25.6. The van der Waals surface area contributed by atoms with Crippen LogP contribution in [-0.2, 0) is 71.7 Å². The highest BCUT2D eigenvalue weighted by molar-refractivity contribution is 8.01. The third kappa shape index (κ3) is 66.6. The lowest BCUT2D eigenvalue weighted by Crippen LogP contribution is -2.27. The fraction of sp³-hybridized carbons (Fsp3) is 0.644. The molecule has 0 radical (unpaired) electrons. The van der Waals surface area contributed by atoms with Gasteiger partial charge in [-0.3, -0.25) is 28.2 Å². The van der Waals surface area contributed by atoms with E-state index in [1.54, 1.807) is 28.1 Å².